The molecule has 4 rings (SSSR count). The smallest absolute Gasteiger partial charge is 0.326 e. The maximum Gasteiger partial charge on any atom is 0.326 e. The van der Waals surface area contributed by atoms with Crippen LogP contribution in [-0.4, -0.2) is 31.1 Å². The van der Waals surface area contributed by atoms with Crippen molar-refractivity contribution in [3.05, 3.63) is 48.5 Å². The van der Waals surface area contributed by atoms with Crippen molar-refractivity contribution in [2.24, 2.45) is 0 Å². The number of hydrogen-bond donors (Lipinski definition) is 1. The lowest BCUT2D eigenvalue weighted by Crippen LogP contribution is -2.26. The monoisotopic (exact) mass is 389 g/mol. The van der Waals surface area contributed by atoms with E-state index in [1.807, 2.05) is 44.4 Å². The van der Waals surface area contributed by atoms with E-state index in [9.17, 15) is 4.79 Å². The topological polar surface area (TPSA) is 95.9 Å². The third-order valence-corrected chi connectivity index (χ3v) is 4.67. The van der Waals surface area contributed by atoms with Gasteiger partial charge in [-0.1, -0.05) is 0 Å². The number of hydrogen-bond acceptors (Lipinski definition) is 6. The minimum atomic E-state index is -0.562. The zero-order valence-electron chi connectivity index (χ0n) is 16.9. The summed E-state index contributed by atoms with van der Waals surface area (Å²) >= 11 is 0. The number of carbonyl (C=O) groups excluding carboxylic acids is 1. The molecule has 0 unspecified atom stereocenters. The van der Waals surface area contributed by atoms with Crippen molar-refractivity contribution in [3.63, 3.8) is 0 Å². The molecular weight excluding hydrogens is 366 g/mol. The summed E-state index contributed by atoms with van der Waals surface area (Å²) in [7, 11) is 0. The second kappa shape index (κ2) is 6.84. The van der Waals surface area contributed by atoms with Gasteiger partial charge in [0.15, 0.2) is 0 Å². The molecule has 0 atom stereocenters. The van der Waals surface area contributed by atoms with Crippen molar-refractivity contribution < 1.29 is 9.53 Å². The molecule has 1 aromatic carbocycles. The van der Waals surface area contributed by atoms with Gasteiger partial charge < -0.3 is 15.0 Å². The van der Waals surface area contributed by atoms with E-state index in [0.29, 0.717) is 11.5 Å². The average Bonchev–Trinajstić information content (AvgIpc) is 2.96. The van der Waals surface area contributed by atoms with Crippen LogP contribution in [-0.2, 0) is 16.1 Å². The number of nitrogens with two attached hydrogens (primary N) is 1. The molecule has 29 heavy (non-hydrogen) atoms. The Hall–Kier alpha value is -3.48. The van der Waals surface area contributed by atoms with Gasteiger partial charge in [-0.25, -0.2) is 9.97 Å². The Bertz CT molecular complexity index is 1220. The molecule has 0 bridgehead atoms. The fourth-order valence-corrected chi connectivity index (χ4v) is 3.65. The Labute approximate surface area is 168 Å². The Morgan fingerprint density at radius 3 is 2.55 bits per heavy atom. The number of fused-ring (bicyclic) bond motifs is 3. The molecule has 0 aliphatic heterocycles. The van der Waals surface area contributed by atoms with Gasteiger partial charge in [-0.15, -0.1) is 0 Å². The van der Waals surface area contributed by atoms with E-state index < -0.39 is 5.60 Å². The number of nitrogen functional groups attached to an aromatic ring is 1. The number of benzene rings is 1. The maximum absolute atomic E-state index is 12.6. The molecule has 0 aliphatic rings. The fraction of sp³-hybridized carbons (Fsp3) is 0.273. The number of anilines is 1. The van der Waals surface area contributed by atoms with Crippen molar-refractivity contribution in [2.45, 2.75) is 39.8 Å². The maximum atomic E-state index is 12.6. The van der Waals surface area contributed by atoms with Crippen LogP contribution in [0.15, 0.2) is 43.0 Å². The molecule has 0 aliphatic carbocycles. The van der Waals surface area contributed by atoms with Gasteiger partial charge in [0.1, 0.15) is 29.9 Å². The van der Waals surface area contributed by atoms with Crippen molar-refractivity contribution >= 4 is 33.7 Å². The zero-order chi connectivity index (χ0) is 20.8. The van der Waals surface area contributed by atoms with Crippen LogP contribution in [0.25, 0.3) is 33.1 Å². The molecule has 0 spiro atoms. The highest BCUT2D eigenvalue weighted by molar-refractivity contribution is 6.13. The van der Waals surface area contributed by atoms with Crippen molar-refractivity contribution in [2.75, 3.05) is 5.73 Å². The second-order valence-corrected chi connectivity index (χ2v) is 8.06. The molecule has 7 heteroatoms. The molecule has 4 aromatic rings. The number of nitrogens with zero attached hydrogens (tertiary/aromatic N) is 4. The van der Waals surface area contributed by atoms with Crippen molar-refractivity contribution in [1.29, 1.82) is 0 Å². The summed E-state index contributed by atoms with van der Waals surface area (Å²) in [5.74, 6) is 0.0558. The number of esters is 1. The van der Waals surface area contributed by atoms with Gasteiger partial charge in [0.25, 0.3) is 0 Å². The summed E-state index contributed by atoms with van der Waals surface area (Å²) in [4.78, 5) is 25.3. The summed E-state index contributed by atoms with van der Waals surface area (Å²) in [6, 6.07) is 8.07. The minimum Gasteiger partial charge on any atom is -0.459 e. The van der Waals surface area contributed by atoms with E-state index in [-0.39, 0.29) is 12.5 Å². The molecule has 148 valence electrons. The lowest BCUT2D eigenvalue weighted by atomic mass is 10.0. The summed E-state index contributed by atoms with van der Waals surface area (Å²) in [5.41, 5.74) is 10.3. The Kier molecular flexibility index (Phi) is 4.45. The number of pyridine rings is 1. The summed E-state index contributed by atoms with van der Waals surface area (Å²) in [5, 5.41) is 1.65. The van der Waals surface area contributed by atoms with E-state index in [4.69, 9.17) is 10.5 Å². The Morgan fingerprint density at radius 1 is 1.14 bits per heavy atom. The van der Waals surface area contributed by atoms with E-state index in [1.165, 1.54) is 6.33 Å². The van der Waals surface area contributed by atoms with Crippen LogP contribution < -0.4 is 5.73 Å². The zero-order valence-corrected chi connectivity index (χ0v) is 16.9. The highest BCUT2D eigenvalue weighted by Crippen LogP contribution is 2.36. The van der Waals surface area contributed by atoms with Crippen LogP contribution in [0, 0.1) is 6.92 Å². The van der Waals surface area contributed by atoms with Crippen LogP contribution in [0.5, 0.6) is 0 Å². The second-order valence-electron chi connectivity index (χ2n) is 8.06. The number of rotatable bonds is 3. The van der Waals surface area contributed by atoms with E-state index in [0.717, 1.165) is 33.0 Å². The third kappa shape index (κ3) is 3.51. The third-order valence-electron chi connectivity index (χ3n) is 4.67. The number of aromatic nitrogens is 4. The molecule has 0 fully saturated rings. The van der Waals surface area contributed by atoms with Crippen LogP contribution >= 0.6 is 0 Å². The van der Waals surface area contributed by atoms with Crippen LogP contribution in [0.3, 0.4) is 0 Å². The standard InChI is InChI=1S/C22H23N5O2/c1-13-9-15(14-5-7-24-8-6-14)10-16-18-20(23)25-12-26-21(18)27(19(13)16)11-17(28)29-22(2,3)4/h5-10,12H,11H2,1-4H3,(H2,23,25,26). The normalized spacial score (nSPS) is 11.9. The summed E-state index contributed by atoms with van der Waals surface area (Å²) < 4.78 is 7.39. The van der Waals surface area contributed by atoms with E-state index in [1.54, 1.807) is 12.4 Å². The van der Waals surface area contributed by atoms with Crippen LogP contribution in [0.4, 0.5) is 5.82 Å². The van der Waals surface area contributed by atoms with Gasteiger partial charge in [-0.3, -0.25) is 9.78 Å². The molecule has 0 amide bonds. The molecule has 0 saturated carbocycles. The van der Waals surface area contributed by atoms with Gasteiger partial charge >= 0.3 is 5.97 Å². The quantitative estimate of drug-likeness (QED) is 0.534. The first kappa shape index (κ1) is 18.9. The van der Waals surface area contributed by atoms with E-state index in [2.05, 4.69) is 27.1 Å². The first-order valence-corrected chi connectivity index (χ1v) is 9.40. The van der Waals surface area contributed by atoms with Crippen LogP contribution in [0.2, 0.25) is 0 Å². The van der Waals surface area contributed by atoms with Gasteiger partial charge in [0.2, 0.25) is 0 Å². The highest BCUT2D eigenvalue weighted by atomic mass is 16.6. The van der Waals surface area contributed by atoms with E-state index >= 15 is 0 Å². The average molecular weight is 389 g/mol. The summed E-state index contributed by atoms with van der Waals surface area (Å²) in [6.07, 6.45) is 4.94. The number of carbonyl (C=O) groups is 1. The lowest BCUT2D eigenvalue weighted by molar-refractivity contribution is -0.155. The number of ether oxygens (including phenoxy) is 1. The van der Waals surface area contributed by atoms with Gasteiger partial charge in [-0.05, 0) is 68.7 Å². The molecule has 3 aromatic heterocycles. The molecular formula is C22H23N5O2. The predicted molar refractivity (Wildman–Crippen MR) is 113 cm³/mol. The fourth-order valence-electron chi connectivity index (χ4n) is 3.65. The van der Waals surface area contributed by atoms with Crippen molar-refractivity contribution in [3.8, 4) is 11.1 Å². The van der Waals surface area contributed by atoms with Gasteiger partial charge in [-0.2, -0.15) is 0 Å². The lowest BCUT2D eigenvalue weighted by Gasteiger charge is -2.20. The highest BCUT2D eigenvalue weighted by Gasteiger charge is 2.22. The predicted octanol–water partition coefficient (Wildman–Crippen LogP) is 3.88. The SMILES string of the molecule is Cc1cc(-c2ccncc2)cc2c3c(N)ncnc3n(CC(=O)OC(C)(C)C)c12. The molecule has 7 nitrogen and oxygen atoms in total. The Balaban J connectivity index is 1.96. The number of aryl methyl sites for hydroxylation is 1. The first-order valence-electron chi connectivity index (χ1n) is 9.40. The molecule has 2 N–H and O–H groups in total. The largest absolute Gasteiger partial charge is 0.459 e. The van der Waals surface area contributed by atoms with Crippen LogP contribution in [0.1, 0.15) is 26.3 Å². The van der Waals surface area contributed by atoms with Gasteiger partial charge in [0, 0.05) is 17.8 Å². The summed E-state index contributed by atoms with van der Waals surface area (Å²) in [6.45, 7) is 7.61. The Morgan fingerprint density at radius 2 is 1.86 bits per heavy atom. The van der Waals surface area contributed by atoms with Gasteiger partial charge in [0.05, 0.1) is 10.9 Å². The van der Waals surface area contributed by atoms with Crippen molar-refractivity contribution in [1.82, 2.24) is 19.5 Å². The molecule has 3 heterocycles. The first-order chi connectivity index (χ1) is 13.7. The molecule has 0 radical (unpaired) electrons. The minimum absolute atomic E-state index is 0.0448. The molecule has 0 saturated heterocycles.